The first-order valence-corrected chi connectivity index (χ1v) is 4.64. The average molecular weight is 190 g/mol. The van der Waals surface area contributed by atoms with Crippen molar-refractivity contribution in [2.75, 3.05) is 6.61 Å². The lowest BCUT2D eigenvalue weighted by Gasteiger charge is -1.98. The lowest BCUT2D eigenvalue weighted by atomic mass is 10.1. The normalized spacial score (nSPS) is 10.4. The molecule has 0 aromatic heterocycles. The van der Waals surface area contributed by atoms with Gasteiger partial charge in [0.15, 0.2) is 0 Å². The topological polar surface area (TPSA) is 26.3 Å². The zero-order valence-electron chi connectivity index (χ0n) is 8.49. The molecule has 0 heterocycles. The summed E-state index contributed by atoms with van der Waals surface area (Å²) < 4.78 is 4.78. The Morgan fingerprint density at radius 1 is 1.43 bits per heavy atom. The van der Waals surface area contributed by atoms with Crippen LogP contribution in [0.5, 0.6) is 0 Å². The number of carbonyl (C=O) groups is 1. The van der Waals surface area contributed by atoms with E-state index >= 15 is 0 Å². The van der Waals surface area contributed by atoms with E-state index in [0.717, 1.165) is 11.1 Å². The lowest BCUT2D eigenvalue weighted by Crippen LogP contribution is -1.98. The number of hydrogen-bond donors (Lipinski definition) is 0. The van der Waals surface area contributed by atoms with Gasteiger partial charge in [-0.25, -0.2) is 4.79 Å². The van der Waals surface area contributed by atoms with E-state index in [1.807, 2.05) is 31.2 Å². The van der Waals surface area contributed by atoms with Gasteiger partial charge in [-0.2, -0.15) is 0 Å². The van der Waals surface area contributed by atoms with E-state index in [9.17, 15) is 4.79 Å². The van der Waals surface area contributed by atoms with Crippen LogP contribution in [-0.4, -0.2) is 12.6 Å². The van der Waals surface area contributed by atoms with Gasteiger partial charge in [0.2, 0.25) is 0 Å². The SMILES string of the molecule is CCOC(=O)C=Cc1ccccc1C. The highest BCUT2D eigenvalue weighted by atomic mass is 16.5. The third-order valence-electron chi connectivity index (χ3n) is 1.87. The van der Waals surface area contributed by atoms with Crippen molar-refractivity contribution in [3.8, 4) is 0 Å². The van der Waals surface area contributed by atoms with E-state index in [2.05, 4.69) is 0 Å². The van der Waals surface area contributed by atoms with Gasteiger partial charge in [-0.3, -0.25) is 0 Å². The molecule has 0 N–H and O–H groups in total. The van der Waals surface area contributed by atoms with Crippen LogP contribution < -0.4 is 0 Å². The standard InChI is InChI=1S/C12H14O2/c1-3-14-12(13)9-8-11-7-5-4-6-10(11)2/h4-9H,3H2,1-2H3. The van der Waals surface area contributed by atoms with Crippen LogP contribution in [0.25, 0.3) is 6.08 Å². The summed E-state index contributed by atoms with van der Waals surface area (Å²) in [4.78, 5) is 11.0. The summed E-state index contributed by atoms with van der Waals surface area (Å²) in [5.41, 5.74) is 2.19. The number of hydrogen-bond acceptors (Lipinski definition) is 2. The van der Waals surface area contributed by atoms with Gasteiger partial charge in [0.1, 0.15) is 0 Å². The molecule has 0 bridgehead atoms. The van der Waals surface area contributed by atoms with Crippen LogP contribution in [0.3, 0.4) is 0 Å². The minimum absolute atomic E-state index is 0.296. The van der Waals surface area contributed by atoms with Crippen molar-refractivity contribution < 1.29 is 9.53 Å². The Labute approximate surface area is 84.2 Å². The number of benzene rings is 1. The zero-order valence-corrected chi connectivity index (χ0v) is 8.49. The number of carbonyl (C=O) groups excluding carboxylic acids is 1. The molecule has 0 radical (unpaired) electrons. The van der Waals surface area contributed by atoms with Crippen LogP contribution >= 0.6 is 0 Å². The fourth-order valence-electron chi connectivity index (χ4n) is 1.12. The van der Waals surface area contributed by atoms with Gasteiger partial charge in [0.25, 0.3) is 0 Å². The van der Waals surface area contributed by atoms with E-state index in [0.29, 0.717) is 6.61 Å². The molecule has 0 amide bonds. The van der Waals surface area contributed by atoms with E-state index in [-0.39, 0.29) is 5.97 Å². The number of aryl methyl sites for hydroxylation is 1. The summed E-state index contributed by atoms with van der Waals surface area (Å²) >= 11 is 0. The Morgan fingerprint density at radius 3 is 2.79 bits per heavy atom. The van der Waals surface area contributed by atoms with Crippen LogP contribution in [0, 0.1) is 6.92 Å². The molecule has 0 aliphatic carbocycles. The zero-order chi connectivity index (χ0) is 10.4. The van der Waals surface area contributed by atoms with Gasteiger partial charge in [-0.1, -0.05) is 24.3 Å². The van der Waals surface area contributed by atoms with E-state index in [1.165, 1.54) is 6.08 Å². The quantitative estimate of drug-likeness (QED) is 0.541. The highest BCUT2D eigenvalue weighted by molar-refractivity contribution is 5.87. The van der Waals surface area contributed by atoms with Crippen molar-refractivity contribution in [3.05, 3.63) is 41.5 Å². The van der Waals surface area contributed by atoms with Gasteiger partial charge < -0.3 is 4.74 Å². The molecule has 1 aromatic carbocycles. The molecule has 0 aliphatic heterocycles. The molecule has 0 saturated carbocycles. The van der Waals surface area contributed by atoms with Gasteiger partial charge in [0, 0.05) is 6.08 Å². The Hall–Kier alpha value is -1.57. The monoisotopic (exact) mass is 190 g/mol. The van der Waals surface area contributed by atoms with Crippen molar-refractivity contribution in [2.24, 2.45) is 0 Å². The third kappa shape index (κ3) is 3.05. The predicted octanol–water partition coefficient (Wildman–Crippen LogP) is 2.57. The molecule has 74 valence electrons. The molecule has 0 aliphatic rings. The van der Waals surface area contributed by atoms with Crippen molar-refractivity contribution >= 4 is 12.0 Å². The second-order valence-electron chi connectivity index (χ2n) is 2.94. The first kappa shape index (κ1) is 10.5. The van der Waals surface area contributed by atoms with Crippen molar-refractivity contribution in [3.63, 3.8) is 0 Å². The third-order valence-corrected chi connectivity index (χ3v) is 1.87. The maximum Gasteiger partial charge on any atom is 0.330 e. The molecule has 2 nitrogen and oxygen atoms in total. The summed E-state index contributed by atoms with van der Waals surface area (Å²) in [6, 6.07) is 7.88. The van der Waals surface area contributed by atoms with E-state index in [4.69, 9.17) is 4.74 Å². The minimum Gasteiger partial charge on any atom is -0.463 e. The van der Waals surface area contributed by atoms with Crippen LogP contribution in [0.15, 0.2) is 30.3 Å². The second kappa shape index (κ2) is 5.22. The van der Waals surface area contributed by atoms with Gasteiger partial charge in [-0.15, -0.1) is 0 Å². The highest BCUT2D eigenvalue weighted by Gasteiger charge is 1.95. The molecular weight excluding hydrogens is 176 g/mol. The smallest absolute Gasteiger partial charge is 0.330 e. The van der Waals surface area contributed by atoms with Crippen LogP contribution in [0.1, 0.15) is 18.1 Å². The summed E-state index contributed by atoms with van der Waals surface area (Å²) in [5, 5.41) is 0. The van der Waals surface area contributed by atoms with Crippen molar-refractivity contribution in [2.45, 2.75) is 13.8 Å². The Morgan fingerprint density at radius 2 is 2.14 bits per heavy atom. The van der Waals surface area contributed by atoms with Crippen LogP contribution in [-0.2, 0) is 9.53 Å². The minimum atomic E-state index is -0.296. The van der Waals surface area contributed by atoms with Gasteiger partial charge >= 0.3 is 5.97 Å². The highest BCUT2D eigenvalue weighted by Crippen LogP contribution is 2.08. The van der Waals surface area contributed by atoms with Gasteiger partial charge in [-0.05, 0) is 31.1 Å². The van der Waals surface area contributed by atoms with E-state index < -0.39 is 0 Å². The molecule has 2 heteroatoms. The maximum absolute atomic E-state index is 11.0. The molecule has 0 atom stereocenters. The van der Waals surface area contributed by atoms with E-state index in [1.54, 1.807) is 13.0 Å². The molecule has 1 rings (SSSR count). The lowest BCUT2D eigenvalue weighted by molar-refractivity contribution is -0.137. The number of ether oxygens (including phenoxy) is 1. The van der Waals surface area contributed by atoms with Crippen LogP contribution in [0.2, 0.25) is 0 Å². The average Bonchev–Trinajstić information content (AvgIpc) is 2.17. The maximum atomic E-state index is 11.0. The number of rotatable bonds is 3. The Balaban J connectivity index is 2.69. The molecule has 1 aromatic rings. The Kier molecular flexibility index (Phi) is 3.92. The van der Waals surface area contributed by atoms with Crippen molar-refractivity contribution in [1.29, 1.82) is 0 Å². The molecule has 0 unspecified atom stereocenters. The summed E-state index contributed by atoms with van der Waals surface area (Å²) in [7, 11) is 0. The fourth-order valence-corrected chi connectivity index (χ4v) is 1.12. The number of esters is 1. The van der Waals surface area contributed by atoms with Crippen molar-refractivity contribution in [1.82, 2.24) is 0 Å². The second-order valence-corrected chi connectivity index (χ2v) is 2.94. The van der Waals surface area contributed by atoms with Crippen LogP contribution in [0.4, 0.5) is 0 Å². The molecule has 14 heavy (non-hydrogen) atoms. The first-order chi connectivity index (χ1) is 6.74. The summed E-state index contributed by atoms with van der Waals surface area (Å²) in [6.07, 6.45) is 3.22. The summed E-state index contributed by atoms with van der Waals surface area (Å²) in [5.74, 6) is -0.296. The largest absolute Gasteiger partial charge is 0.463 e. The molecular formula is C12H14O2. The first-order valence-electron chi connectivity index (χ1n) is 4.64. The Bertz CT molecular complexity index is 340. The predicted molar refractivity (Wildman–Crippen MR) is 56.8 cm³/mol. The summed E-state index contributed by atoms with van der Waals surface area (Å²) in [6.45, 7) is 4.21. The molecule has 0 fully saturated rings. The molecule has 0 saturated heterocycles. The van der Waals surface area contributed by atoms with Gasteiger partial charge in [0.05, 0.1) is 6.61 Å². The fraction of sp³-hybridized carbons (Fsp3) is 0.250. The molecule has 0 spiro atoms.